The molecular weight excluding hydrogens is 646 g/mol. The zero-order chi connectivity index (χ0) is 33.7. The quantitative estimate of drug-likeness (QED) is 0.169. The van der Waals surface area contributed by atoms with Gasteiger partial charge in [0.25, 0.3) is 5.88 Å². The van der Waals surface area contributed by atoms with E-state index in [1.54, 1.807) is 30.5 Å². The fourth-order valence-corrected chi connectivity index (χ4v) is 7.59. The zero-order valence-corrected chi connectivity index (χ0v) is 29.2. The molecule has 0 radical (unpaired) electrons. The van der Waals surface area contributed by atoms with Gasteiger partial charge in [-0.15, -0.1) is 5.10 Å². The molecule has 0 spiro atoms. The third-order valence-electron chi connectivity index (χ3n) is 9.90. The van der Waals surface area contributed by atoms with Crippen LogP contribution in [0.5, 0.6) is 11.6 Å². The summed E-state index contributed by atoms with van der Waals surface area (Å²) in [5.41, 5.74) is 2.47. The number of nitrogens with one attached hydrogen (secondary N) is 1. The van der Waals surface area contributed by atoms with Crippen LogP contribution in [0.3, 0.4) is 0 Å². The molecule has 13 nitrogen and oxygen atoms in total. The van der Waals surface area contributed by atoms with Crippen LogP contribution in [0.4, 0.5) is 11.6 Å². The molecule has 14 heteroatoms. The molecule has 3 aliphatic rings. The highest BCUT2D eigenvalue weighted by molar-refractivity contribution is 6.32. The lowest BCUT2D eigenvalue weighted by atomic mass is 9.89. The summed E-state index contributed by atoms with van der Waals surface area (Å²) in [5.74, 6) is 1.58. The van der Waals surface area contributed by atoms with E-state index in [1.165, 1.54) is 32.0 Å². The van der Waals surface area contributed by atoms with Crippen molar-refractivity contribution < 1.29 is 18.9 Å². The lowest BCUT2D eigenvalue weighted by Crippen LogP contribution is -2.52. The first kappa shape index (κ1) is 33.7. The van der Waals surface area contributed by atoms with Crippen LogP contribution in [0.2, 0.25) is 5.02 Å². The molecule has 0 unspecified atom stereocenters. The summed E-state index contributed by atoms with van der Waals surface area (Å²) in [5, 5.41) is 13.0. The van der Waals surface area contributed by atoms with Gasteiger partial charge in [0.2, 0.25) is 5.95 Å². The maximum Gasteiger partial charge on any atom is 0.257 e. The molecule has 1 saturated carbocycles. The molecule has 4 aromatic rings. The molecule has 3 fully saturated rings. The van der Waals surface area contributed by atoms with Crippen molar-refractivity contribution in [2.24, 2.45) is 0 Å². The maximum absolute atomic E-state index is 6.48. The van der Waals surface area contributed by atoms with Crippen molar-refractivity contribution >= 4 is 23.2 Å². The molecule has 49 heavy (non-hydrogen) atoms. The molecule has 4 atom stereocenters. The molecule has 1 aromatic carbocycles. The number of benzene rings is 1. The van der Waals surface area contributed by atoms with Crippen LogP contribution in [0.1, 0.15) is 64.8 Å². The predicted molar refractivity (Wildman–Crippen MR) is 185 cm³/mol. The van der Waals surface area contributed by atoms with Gasteiger partial charge in [-0.2, -0.15) is 5.10 Å². The Labute approximate surface area is 292 Å². The highest BCUT2D eigenvalue weighted by Gasteiger charge is 2.42. The van der Waals surface area contributed by atoms with Crippen molar-refractivity contribution in [1.82, 2.24) is 39.4 Å². The van der Waals surface area contributed by atoms with Crippen LogP contribution < -0.4 is 14.8 Å². The van der Waals surface area contributed by atoms with E-state index in [2.05, 4.69) is 34.9 Å². The van der Waals surface area contributed by atoms with E-state index >= 15 is 0 Å². The first-order valence-corrected chi connectivity index (χ1v) is 17.8. The van der Waals surface area contributed by atoms with Crippen molar-refractivity contribution in [2.45, 2.75) is 102 Å². The summed E-state index contributed by atoms with van der Waals surface area (Å²) in [6.45, 7) is 6.93. The van der Waals surface area contributed by atoms with Crippen molar-refractivity contribution in [3.05, 3.63) is 54.5 Å². The van der Waals surface area contributed by atoms with Gasteiger partial charge < -0.3 is 24.3 Å². The number of morpholine rings is 1. The van der Waals surface area contributed by atoms with Crippen molar-refractivity contribution in [2.75, 3.05) is 32.2 Å². The van der Waals surface area contributed by atoms with Gasteiger partial charge in [0.15, 0.2) is 0 Å². The number of anilines is 2. The number of nitrogens with zero attached hydrogens (tertiary/aromatic N) is 8. The molecule has 0 amide bonds. The lowest BCUT2D eigenvalue weighted by molar-refractivity contribution is -0.0458. The van der Waals surface area contributed by atoms with Gasteiger partial charge in [-0.25, -0.2) is 19.6 Å². The zero-order valence-electron chi connectivity index (χ0n) is 28.4. The van der Waals surface area contributed by atoms with E-state index in [9.17, 15) is 0 Å². The van der Waals surface area contributed by atoms with E-state index in [0.29, 0.717) is 59.9 Å². The number of ether oxygens (including phenoxy) is 4. The first-order valence-electron chi connectivity index (χ1n) is 17.4. The third-order valence-corrected chi connectivity index (χ3v) is 10.2. The highest BCUT2D eigenvalue weighted by atomic mass is 35.5. The van der Waals surface area contributed by atoms with E-state index in [4.69, 9.17) is 35.6 Å². The Morgan fingerprint density at radius 3 is 2.39 bits per heavy atom. The SMILES string of the molecule is COCC[C@H](C)Oc1nn(C2CCC(N3[C@@H]4CC[C@H]3COC4)CC2)cc1Nc1ncc(-c2ccc(Cl)c(O[C@@H](C)Cn3cncn3)c2)cn1. The molecule has 262 valence electrons. The topological polar surface area (TPSA) is 127 Å². The fraction of sp³-hybridized carbons (Fsp3) is 0.571. The molecule has 3 aromatic heterocycles. The van der Waals surface area contributed by atoms with Crippen molar-refractivity contribution in [3.63, 3.8) is 0 Å². The normalized spacial score (nSPS) is 23.7. The van der Waals surface area contributed by atoms with Crippen LogP contribution in [-0.2, 0) is 16.0 Å². The summed E-state index contributed by atoms with van der Waals surface area (Å²) < 4.78 is 27.4. The van der Waals surface area contributed by atoms with Gasteiger partial charge in [-0.3, -0.25) is 9.58 Å². The Bertz CT molecular complexity index is 1630. The molecule has 2 bridgehead atoms. The average molecular weight is 692 g/mol. The van der Waals surface area contributed by atoms with Crippen LogP contribution in [0.15, 0.2) is 49.4 Å². The minimum atomic E-state index is -0.165. The monoisotopic (exact) mass is 691 g/mol. The molecule has 1 aliphatic carbocycles. The molecule has 1 N–H and O–H groups in total. The van der Waals surface area contributed by atoms with Crippen LogP contribution in [-0.4, -0.2) is 96.7 Å². The number of rotatable bonds is 14. The summed E-state index contributed by atoms with van der Waals surface area (Å²) >= 11 is 6.48. The van der Waals surface area contributed by atoms with E-state index < -0.39 is 0 Å². The molecule has 5 heterocycles. The number of halogens is 1. The van der Waals surface area contributed by atoms with Crippen LogP contribution in [0.25, 0.3) is 11.1 Å². The van der Waals surface area contributed by atoms with E-state index in [-0.39, 0.29) is 12.2 Å². The minimum absolute atomic E-state index is 0.0695. The van der Waals surface area contributed by atoms with Gasteiger partial charge in [0.1, 0.15) is 30.2 Å². The van der Waals surface area contributed by atoms with Gasteiger partial charge in [-0.05, 0) is 70.1 Å². The highest BCUT2D eigenvalue weighted by Crippen LogP contribution is 2.40. The Kier molecular flexibility index (Phi) is 10.6. The molecule has 2 saturated heterocycles. The van der Waals surface area contributed by atoms with Gasteiger partial charge >= 0.3 is 0 Å². The van der Waals surface area contributed by atoms with Crippen molar-refractivity contribution in [1.29, 1.82) is 0 Å². The van der Waals surface area contributed by atoms with E-state index in [0.717, 1.165) is 49.3 Å². The average Bonchev–Trinajstić information content (AvgIpc) is 3.83. The number of hydrogen-bond donors (Lipinski definition) is 1. The van der Waals surface area contributed by atoms with Gasteiger partial charge in [-0.1, -0.05) is 17.7 Å². The summed E-state index contributed by atoms with van der Waals surface area (Å²) in [4.78, 5) is 16.1. The Balaban J connectivity index is 1.03. The largest absolute Gasteiger partial charge is 0.487 e. The molecule has 2 aliphatic heterocycles. The second kappa shape index (κ2) is 15.4. The van der Waals surface area contributed by atoms with Crippen LogP contribution >= 0.6 is 11.6 Å². The summed E-state index contributed by atoms with van der Waals surface area (Å²) in [6.07, 6.45) is 16.3. The maximum atomic E-state index is 6.48. The summed E-state index contributed by atoms with van der Waals surface area (Å²) in [7, 11) is 1.70. The molecular formula is C35H46ClN9O4. The number of methoxy groups -OCH3 is 1. The Morgan fingerprint density at radius 2 is 1.67 bits per heavy atom. The standard InChI is InChI=1S/C35H46ClN9O4/c1-23(12-13-46-3)49-34-32(18-44(42-34)27-5-7-28(8-6-27)45-29-9-10-30(45)20-47-19-29)41-35-38-15-26(16-39-35)25-4-11-31(36)33(14-25)48-24(2)17-43-22-37-21-40-43/h4,11,14-16,18,21-24,27-30H,5-10,12-13,17,19-20H2,1-3H3,(H,38,39,41)/t23-,24-,27?,28?,29-,30+/m0/s1. The third kappa shape index (κ3) is 8.01. The first-order chi connectivity index (χ1) is 23.9. The smallest absolute Gasteiger partial charge is 0.257 e. The number of fused-ring (bicyclic) bond motifs is 2. The van der Waals surface area contributed by atoms with Gasteiger partial charge in [0.05, 0.1) is 43.1 Å². The van der Waals surface area contributed by atoms with E-state index in [1.807, 2.05) is 38.2 Å². The second-order valence-corrected chi connectivity index (χ2v) is 13.9. The summed E-state index contributed by atoms with van der Waals surface area (Å²) in [6, 6.07) is 7.79. The fourth-order valence-electron chi connectivity index (χ4n) is 7.43. The van der Waals surface area contributed by atoms with Crippen LogP contribution in [0, 0.1) is 0 Å². The lowest BCUT2D eigenvalue weighted by Gasteiger charge is -2.43. The van der Waals surface area contributed by atoms with Gasteiger partial charge in [0, 0.05) is 56.2 Å². The predicted octanol–water partition coefficient (Wildman–Crippen LogP) is 5.95. The number of hydrogen-bond acceptors (Lipinski definition) is 11. The minimum Gasteiger partial charge on any atom is -0.487 e. The Hall–Kier alpha value is -3.78. The Morgan fingerprint density at radius 1 is 0.939 bits per heavy atom. The molecule has 7 rings (SSSR count). The number of aromatic nitrogens is 7. The second-order valence-electron chi connectivity index (χ2n) is 13.5. The van der Waals surface area contributed by atoms with Crippen molar-refractivity contribution in [3.8, 4) is 22.8 Å².